The van der Waals surface area contributed by atoms with Gasteiger partial charge >= 0.3 is 0 Å². The van der Waals surface area contributed by atoms with Crippen LogP contribution in [0.5, 0.6) is 0 Å². The maximum absolute atomic E-state index is 6.25. The van der Waals surface area contributed by atoms with Crippen LogP contribution >= 0.6 is 46.1 Å². The van der Waals surface area contributed by atoms with E-state index in [0.717, 1.165) is 18.5 Å². The first-order valence-electron chi connectivity index (χ1n) is 6.47. The van der Waals surface area contributed by atoms with E-state index in [2.05, 4.69) is 31.3 Å². The van der Waals surface area contributed by atoms with Crippen molar-refractivity contribution in [3.63, 3.8) is 0 Å². The second-order valence-electron chi connectivity index (χ2n) is 4.59. The van der Waals surface area contributed by atoms with Gasteiger partial charge in [-0.3, -0.25) is 0 Å². The van der Waals surface area contributed by atoms with E-state index in [0.29, 0.717) is 15.1 Å². The van der Waals surface area contributed by atoms with Gasteiger partial charge in [-0.1, -0.05) is 47.8 Å². The van der Waals surface area contributed by atoms with Gasteiger partial charge in [0.15, 0.2) is 0 Å². The van der Waals surface area contributed by atoms with E-state index in [9.17, 15) is 0 Å². The molecular formula is C15H16Cl3NS. The first kappa shape index (κ1) is 16.1. The highest BCUT2D eigenvalue weighted by molar-refractivity contribution is 7.11. The summed E-state index contributed by atoms with van der Waals surface area (Å²) in [4.78, 5) is 2.73. The normalized spacial score (nSPS) is 12.7. The van der Waals surface area contributed by atoms with Crippen molar-refractivity contribution in [2.75, 3.05) is 0 Å². The number of halogens is 3. The van der Waals surface area contributed by atoms with E-state index in [-0.39, 0.29) is 6.04 Å². The Bertz CT molecular complexity index is 595. The third-order valence-electron chi connectivity index (χ3n) is 3.18. The maximum atomic E-state index is 6.25. The van der Waals surface area contributed by atoms with Crippen LogP contribution in [0.3, 0.4) is 0 Å². The van der Waals surface area contributed by atoms with Gasteiger partial charge in [-0.2, -0.15) is 0 Å². The minimum Gasteiger partial charge on any atom is -0.305 e. The Balaban J connectivity index is 2.05. The Morgan fingerprint density at radius 1 is 1.05 bits per heavy atom. The smallest absolute Gasteiger partial charge is 0.0781 e. The fraction of sp³-hybridized carbons (Fsp3) is 0.333. The molecule has 5 heteroatoms. The summed E-state index contributed by atoms with van der Waals surface area (Å²) in [5, 5.41) is 4.90. The van der Waals surface area contributed by atoms with E-state index >= 15 is 0 Å². The van der Waals surface area contributed by atoms with Gasteiger partial charge in [0.05, 0.1) is 15.1 Å². The molecule has 0 aliphatic heterocycles. The van der Waals surface area contributed by atoms with Gasteiger partial charge in [0.2, 0.25) is 0 Å². The average molecular weight is 349 g/mol. The minimum atomic E-state index is 0.115. The lowest BCUT2D eigenvalue weighted by Crippen LogP contribution is -2.17. The van der Waals surface area contributed by atoms with Crippen molar-refractivity contribution in [3.05, 3.63) is 54.7 Å². The second-order valence-corrected chi connectivity index (χ2v) is 7.00. The molecule has 1 aromatic carbocycles. The van der Waals surface area contributed by atoms with Crippen LogP contribution in [0.1, 0.15) is 35.2 Å². The van der Waals surface area contributed by atoms with Crippen LogP contribution in [-0.4, -0.2) is 0 Å². The molecule has 2 aromatic rings. The Morgan fingerprint density at radius 3 is 2.40 bits per heavy atom. The van der Waals surface area contributed by atoms with Gasteiger partial charge in [0, 0.05) is 22.3 Å². The van der Waals surface area contributed by atoms with Crippen molar-refractivity contribution in [2.24, 2.45) is 0 Å². The Kier molecular flexibility index (Phi) is 5.76. The summed E-state index contributed by atoms with van der Waals surface area (Å²) in [6, 6.07) is 8.16. The zero-order chi connectivity index (χ0) is 14.7. The molecular weight excluding hydrogens is 333 g/mol. The molecule has 0 fully saturated rings. The van der Waals surface area contributed by atoms with Gasteiger partial charge in [-0.05, 0) is 37.1 Å². The molecule has 0 aliphatic carbocycles. The van der Waals surface area contributed by atoms with Crippen LogP contribution in [0.25, 0.3) is 0 Å². The number of thiophene rings is 1. The van der Waals surface area contributed by atoms with E-state index in [4.69, 9.17) is 34.8 Å². The summed E-state index contributed by atoms with van der Waals surface area (Å²) in [6.07, 6.45) is 1.08. The van der Waals surface area contributed by atoms with Crippen LogP contribution in [0.2, 0.25) is 15.1 Å². The van der Waals surface area contributed by atoms with Crippen molar-refractivity contribution in [1.82, 2.24) is 5.32 Å². The van der Waals surface area contributed by atoms with Gasteiger partial charge in [-0.15, -0.1) is 11.3 Å². The van der Waals surface area contributed by atoms with Crippen molar-refractivity contribution in [1.29, 1.82) is 0 Å². The fourth-order valence-corrected chi connectivity index (χ4v) is 3.56. The molecule has 0 amide bonds. The predicted molar refractivity (Wildman–Crippen MR) is 90.4 cm³/mol. The maximum Gasteiger partial charge on any atom is 0.0781 e. The van der Waals surface area contributed by atoms with E-state index in [1.165, 1.54) is 9.75 Å². The standard InChI is InChI=1S/C15H16Cl3NS/c1-3-10-4-5-11(20-10)8-19-9(2)12-6-7-13(16)15(18)14(12)17/h4-7,9,19H,3,8H2,1-2H3. The fourth-order valence-electron chi connectivity index (χ4n) is 1.95. The third kappa shape index (κ3) is 3.69. The zero-order valence-corrected chi connectivity index (χ0v) is 14.4. The highest BCUT2D eigenvalue weighted by Gasteiger charge is 2.14. The van der Waals surface area contributed by atoms with Crippen molar-refractivity contribution >= 4 is 46.1 Å². The van der Waals surface area contributed by atoms with Gasteiger partial charge in [-0.25, -0.2) is 0 Å². The van der Waals surface area contributed by atoms with Crippen LogP contribution in [0, 0.1) is 0 Å². The minimum absolute atomic E-state index is 0.115. The molecule has 20 heavy (non-hydrogen) atoms. The number of aryl methyl sites for hydroxylation is 1. The molecule has 1 heterocycles. The lowest BCUT2D eigenvalue weighted by atomic mass is 10.1. The average Bonchev–Trinajstić information content (AvgIpc) is 2.90. The van der Waals surface area contributed by atoms with Gasteiger partial charge in [0.1, 0.15) is 0 Å². The summed E-state index contributed by atoms with van der Waals surface area (Å²) in [6.45, 7) is 5.06. The number of nitrogens with one attached hydrogen (secondary N) is 1. The largest absolute Gasteiger partial charge is 0.305 e. The van der Waals surface area contributed by atoms with Crippen molar-refractivity contribution in [2.45, 2.75) is 32.9 Å². The molecule has 1 aromatic heterocycles. The SMILES string of the molecule is CCc1ccc(CNC(C)c2ccc(Cl)c(Cl)c2Cl)s1. The molecule has 0 radical (unpaired) electrons. The lowest BCUT2D eigenvalue weighted by Gasteiger charge is -2.16. The monoisotopic (exact) mass is 347 g/mol. The zero-order valence-electron chi connectivity index (χ0n) is 11.3. The molecule has 0 spiro atoms. The van der Waals surface area contributed by atoms with E-state index < -0.39 is 0 Å². The van der Waals surface area contributed by atoms with Crippen LogP contribution < -0.4 is 5.32 Å². The molecule has 1 N–H and O–H groups in total. The molecule has 0 aliphatic rings. The summed E-state index contributed by atoms with van der Waals surface area (Å²) in [5.41, 5.74) is 0.966. The first-order valence-corrected chi connectivity index (χ1v) is 8.42. The Hall–Kier alpha value is -0.250. The van der Waals surface area contributed by atoms with E-state index in [1.807, 2.05) is 17.4 Å². The summed E-state index contributed by atoms with van der Waals surface area (Å²) >= 11 is 20.1. The summed E-state index contributed by atoms with van der Waals surface area (Å²) in [7, 11) is 0. The molecule has 108 valence electrons. The molecule has 0 bridgehead atoms. The van der Waals surface area contributed by atoms with E-state index in [1.54, 1.807) is 6.07 Å². The summed E-state index contributed by atoms with van der Waals surface area (Å²) < 4.78 is 0. The number of rotatable bonds is 5. The van der Waals surface area contributed by atoms with Crippen LogP contribution in [0.15, 0.2) is 24.3 Å². The Labute approximate surface area is 138 Å². The van der Waals surface area contributed by atoms with Crippen molar-refractivity contribution in [3.8, 4) is 0 Å². The van der Waals surface area contributed by atoms with Crippen LogP contribution in [0.4, 0.5) is 0 Å². The molecule has 1 nitrogen and oxygen atoms in total. The molecule has 0 saturated carbocycles. The first-order chi connectivity index (χ1) is 9.52. The molecule has 2 rings (SSSR count). The topological polar surface area (TPSA) is 12.0 Å². The molecule has 0 saturated heterocycles. The van der Waals surface area contributed by atoms with Crippen LogP contribution in [-0.2, 0) is 13.0 Å². The van der Waals surface area contributed by atoms with Crippen molar-refractivity contribution < 1.29 is 0 Å². The predicted octanol–water partition coefficient (Wildman–Crippen LogP) is 6.12. The highest BCUT2D eigenvalue weighted by Crippen LogP contribution is 2.35. The summed E-state index contributed by atoms with van der Waals surface area (Å²) in [5.74, 6) is 0. The van der Waals surface area contributed by atoms with Gasteiger partial charge in [0.25, 0.3) is 0 Å². The van der Waals surface area contributed by atoms with Gasteiger partial charge < -0.3 is 5.32 Å². The molecule has 1 atom stereocenters. The second kappa shape index (κ2) is 7.15. The number of hydrogen-bond acceptors (Lipinski definition) is 2. The number of benzene rings is 1. The third-order valence-corrected chi connectivity index (χ3v) is 5.72. The molecule has 1 unspecified atom stereocenters. The quantitative estimate of drug-likeness (QED) is 0.642. The number of hydrogen-bond donors (Lipinski definition) is 1. The Morgan fingerprint density at radius 2 is 1.75 bits per heavy atom. The highest BCUT2D eigenvalue weighted by atomic mass is 35.5. The lowest BCUT2D eigenvalue weighted by molar-refractivity contribution is 0.579.